The molecule has 148 valence electrons. The normalized spacial score (nSPS) is 10.5. The smallest absolute Gasteiger partial charge is 0.342 e. The van der Waals surface area contributed by atoms with E-state index in [9.17, 15) is 4.79 Å². The molecular weight excluding hydrogens is 332 g/mol. The summed E-state index contributed by atoms with van der Waals surface area (Å²) in [5.74, 6) is 1.16. The van der Waals surface area contributed by atoms with Gasteiger partial charge in [0.25, 0.3) is 0 Å². The number of hydrogen-bond acceptors (Lipinski definition) is 5. The lowest BCUT2D eigenvalue weighted by Gasteiger charge is -2.19. The maximum absolute atomic E-state index is 12.4. The second-order valence-corrected chi connectivity index (χ2v) is 6.10. The molecule has 0 aromatic heterocycles. The minimum absolute atomic E-state index is 0.314. The Balaban J connectivity index is 3.19. The van der Waals surface area contributed by atoms with Gasteiger partial charge in [0, 0.05) is 0 Å². The average molecular weight is 366 g/mol. The van der Waals surface area contributed by atoms with Crippen molar-refractivity contribution in [1.82, 2.24) is 0 Å². The Bertz CT molecular complexity index is 527. The lowest BCUT2D eigenvalue weighted by atomic mass is 10.1. The predicted molar refractivity (Wildman–Crippen MR) is 104 cm³/mol. The van der Waals surface area contributed by atoms with Gasteiger partial charge in [0.2, 0.25) is 5.75 Å². The third-order valence-corrected chi connectivity index (χ3v) is 3.82. The van der Waals surface area contributed by atoms with Crippen molar-refractivity contribution in [1.29, 1.82) is 0 Å². The van der Waals surface area contributed by atoms with Crippen LogP contribution in [0.5, 0.6) is 17.2 Å². The summed E-state index contributed by atoms with van der Waals surface area (Å²) in [6.45, 7) is 10.1. The number of hydrogen-bond donors (Lipinski definition) is 0. The first-order valence-electron chi connectivity index (χ1n) is 9.91. The molecule has 0 fully saturated rings. The van der Waals surface area contributed by atoms with Gasteiger partial charge in [-0.05, 0) is 38.3 Å². The summed E-state index contributed by atoms with van der Waals surface area (Å²) >= 11 is 0. The number of unbranched alkanes of at least 4 members (excludes halogenated alkanes) is 3. The van der Waals surface area contributed by atoms with E-state index in [0.29, 0.717) is 49.2 Å². The number of ether oxygens (including phenoxy) is 4. The maximum Gasteiger partial charge on any atom is 0.342 e. The van der Waals surface area contributed by atoms with Crippen molar-refractivity contribution in [2.24, 2.45) is 0 Å². The molecule has 0 atom stereocenters. The third-order valence-electron chi connectivity index (χ3n) is 3.82. The van der Waals surface area contributed by atoms with Gasteiger partial charge in [0.1, 0.15) is 5.56 Å². The SMILES string of the molecule is CCCCOc1ccc(C(=O)OCC)c(OCCCC)c1OCCCC. The van der Waals surface area contributed by atoms with Crippen LogP contribution in [0, 0.1) is 0 Å². The summed E-state index contributed by atoms with van der Waals surface area (Å²) in [6, 6.07) is 3.48. The predicted octanol–water partition coefficient (Wildman–Crippen LogP) is 5.40. The van der Waals surface area contributed by atoms with E-state index in [1.165, 1.54) is 0 Å². The Labute approximate surface area is 158 Å². The highest BCUT2D eigenvalue weighted by molar-refractivity contribution is 5.94. The van der Waals surface area contributed by atoms with Crippen molar-refractivity contribution in [3.05, 3.63) is 17.7 Å². The number of rotatable bonds is 14. The molecular formula is C21H34O5. The van der Waals surface area contributed by atoms with E-state index >= 15 is 0 Å². The van der Waals surface area contributed by atoms with Crippen molar-refractivity contribution < 1.29 is 23.7 Å². The van der Waals surface area contributed by atoms with Gasteiger partial charge in [0.15, 0.2) is 11.5 Å². The topological polar surface area (TPSA) is 54.0 Å². The summed E-state index contributed by atoms with van der Waals surface area (Å²) in [5, 5.41) is 0. The second-order valence-electron chi connectivity index (χ2n) is 6.10. The van der Waals surface area contributed by atoms with Gasteiger partial charge in [-0.1, -0.05) is 40.0 Å². The van der Waals surface area contributed by atoms with Crippen molar-refractivity contribution in [2.75, 3.05) is 26.4 Å². The quantitative estimate of drug-likeness (QED) is 0.326. The Morgan fingerprint density at radius 2 is 1.31 bits per heavy atom. The molecule has 1 rings (SSSR count). The van der Waals surface area contributed by atoms with Gasteiger partial charge in [-0.2, -0.15) is 0 Å². The summed E-state index contributed by atoms with van der Waals surface area (Å²) in [5.41, 5.74) is 0.386. The Morgan fingerprint density at radius 3 is 1.85 bits per heavy atom. The molecule has 0 saturated carbocycles. The lowest BCUT2D eigenvalue weighted by molar-refractivity contribution is 0.0520. The third kappa shape index (κ3) is 7.14. The van der Waals surface area contributed by atoms with Crippen LogP contribution in [-0.4, -0.2) is 32.4 Å². The van der Waals surface area contributed by atoms with E-state index in [-0.39, 0.29) is 0 Å². The number of esters is 1. The number of carbonyl (C=O) groups excluding carboxylic acids is 1. The number of carbonyl (C=O) groups is 1. The van der Waals surface area contributed by atoms with Crippen LogP contribution in [0.25, 0.3) is 0 Å². The highest BCUT2D eigenvalue weighted by Crippen LogP contribution is 2.41. The summed E-state index contributed by atoms with van der Waals surface area (Å²) in [4.78, 5) is 12.4. The molecule has 26 heavy (non-hydrogen) atoms. The van der Waals surface area contributed by atoms with E-state index in [1.807, 2.05) is 0 Å². The molecule has 0 saturated heterocycles. The summed E-state index contributed by atoms with van der Waals surface area (Å²) in [7, 11) is 0. The number of benzene rings is 1. The van der Waals surface area contributed by atoms with Crippen LogP contribution in [0.4, 0.5) is 0 Å². The van der Waals surface area contributed by atoms with Crippen LogP contribution in [0.15, 0.2) is 12.1 Å². The zero-order chi connectivity index (χ0) is 19.2. The second kappa shape index (κ2) is 13.3. The van der Waals surface area contributed by atoms with Gasteiger partial charge in [-0.15, -0.1) is 0 Å². The Kier molecular flexibility index (Phi) is 11.3. The molecule has 0 amide bonds. The van der Waals surface area contributed by atoms with Crippen LogP contribution in [0.1, 0.15) is 76.6 Å². The first-order valence-corrected chi connectivity index (χ1v) is 9.91. The molecule has 0 bridgehead atoms. The minimum Gasteiger partial charge on any atom is -0.490 e. The van der Waals surface area contributed by atoms with Gasteiger partial charge in [-0.25, -0.2) is 4.79 Å². The fourth-order valence-electron chi connectivity index (χ4n) is 2.27. The maximum atomic E-state index is 12.4. The van der Waals surface area contributed by atoms with Crippen LogP contribution < -0.4 is 14.2 Å². The van der Waals surface area contributed by atoms with E-state index in [2.05, 4.69) is 20.8 Å². The van der Waals surface area contributed by atoms with Crippen molar-refractivity contribution in [3.8, 4) is 17.2 Å². The van der Waals surface area contributed by atoms with Crippen molar-refractivity contribution in [2.45, 2.75) is 66.2 Å². The van der Waals surface area contributed by atoms with Crippen LogP contribution in [0.3, 0.4) is 0 Å². The van der Waals surface area contributed by atoms with Crippen LogP contribution in [0.2, 0.25) is 0 Å². The largest absolute Gasteiger partial charge is 0.490 e. The summed E-state index contributed by atoms with van der Waals surface area (Å²) < 4.78 is 23.0. The first-order chi connectivity index (χ1) is 12.7. The van der Waals surface area contributed by atoms with Crippen LogP contribution in [-0.2, 0) is 4.74 Å². The molecule has 0 aliphatic rings. The highest BCUT2D eigenvalue weighted by Gasteiger charge is 2.23. The first kappa shape index (κ1) is 22.1. The van der Waals surface area contributed by atoms with Gasteiger partial charge in [-0.3, -0.25) is 0 Å². The fraction of sp³-hybridized carbons (Fsp3) is 0.667. The summed E-state index contributed by atoms with van der Waals surface area (Å²) in [6.07, 6.45) is 5.86. The van der Waals surface area contributed by atoms with Gasteiger partial charge < -0.3 is 18.9 Å². The Hall–Kier alpha value is -1.91. The van der Waals surface area contributed by atoms with E-state index < -0.39 is 5.97 Å². The standard InChI is InChI=1S/C21H34O5/c1-5-9-14-24-18-13-12-17(21(22)23-8-4)19(25-15-10-6-2)20(18)26-16-11-7-3/h12-13H,5-11,14-16H2,1-4H3. The Morgan fingerprint density at radius 1 is 0.769 bits per heavy atom. The molecule has 0 unspecified atom stereocenters. The highest BCUT2D eigenvalue weighted by atomic mass is 16.5. The molecule has 5 heteroatoms. The van der Waals surface area contributed by atoms with E-state index in [0.717, 1.165) is 38.5 Å². The molecule has 0 spiro atoms. The monoisotopic (exact) mass is 366 g/mol. The van der Waals surface area contributed by atoms with Crippen LogP contribution >= 0.6 is 0 Å². The molecule has 1 aromatic carbocycles. The molecule has 0 aliphatic carbocycles. The van der Waals surface area contributed by atoms with Crippen molar-refractivity contribution in [3.63, 3.8) is 0 Å². The zero-order valence-corrected chi connectivity index (χ0v) is 16.8. The zero-order valence-electron chi connectivity index (χ0n) is 16.8. The molecule has 0 aliphatic heterocycles. The molecule has 1 aromatic rings. The molecule has 0 radical (unpaired) electrons. The van der Waals surface area contributed by atoms with Gasteiger partial charge in [0.05, 0.1) is 26.4 Å². The minimum atomic E-state index is -0.403. The van der Waals surface area contributed by atoms with E-state index in [1.54, 1.807) is 19.1 Å². The van der Waals surface area contributed by atoms with Gasteiger partial charge >= 0.3 is 5.97 Å². The van der Waals surface area contributed by atoms with Crippen molar-refractivity contribution >= 4 is 5.97 Å². The molecule has 0 N–H and O–H groups in total. The average Bonchev–Trinajstić information content (AvgIpc) is 2.64. The lowest BCUT2D eigenvalue weighted by Crippen LogP contribution is -2.12. The molecule has 0 heterocycles. The molecule has 5 nitrogen and oxygen atoms in total. The fourth-order valence-corrected chi connectivity index (χ4v) is 2.27. The van der Waals surface area contributed by atoms with E-state index in [4.69, 9.17) is 18.9 Å².